The molecular formula is C8H14N4. The lowest BCUT2D eigenvalue weighted by Gasteiger charge is -2.08. The number of anilines is 1. The molecule has 3 N–H and O–H groups in total. The van der Waals surface area contributed by atoms with E-state index < -0.39 is 0 Å². The van der Waals surface area contributed by atoms with E-state index in [0.29, 0.717) is 5.95 Å². The highest BCUT2D eigenvalue weighted by Crippen LogP contribution is 2.04. The van der Waals surface area contributed by atoms with Crippen LogP contribution in [0.15, 0.2) is 6.20 Å². The van der Waals surface area contributed by atoms with Crippen LogP contribution in [0.4, 0.5) is 5.95 Å². The Labute approximate surface area is 72.2 Å². The predicted molar refractivity (Wildman–Crippen MR) is 48.8 cm³/mol. The summed E-state index contributed by atoms with van der Waals surface area (Å²) in [4.78, 5) is 8.29. The summed E-state index contributed by atoms with van der Waals surface area (Å²) >= 11 is 0. The van der Waals surface area contributed by atoms with E-state index in [0.717, 1.165) is 11.3 Å². The van der Waals surface area contributed by atoms with Gasteiger partial charge in [0.2, 0.25) is 5.95 Å². The van der Waals surface area contributed by atoms with Crippen molar-refractivity contribution in [1.82, 2.24) is 9.97 Å². The van der Waals surface area contributed by atoms with Crippen molar-refractivity contribution in [3.8, 4) is 0 Å². The van der Waals surface area contributed by atoms with E-state index in [1.165, 1.54) is 0 Å². The van der Waals surface area contributed by atoms with Gasteiger partial charge in [0.05, 0.1) is 6.17 Å². The van der Waals surface area contributed by atoms with Crippen LogP contribution in [-0.4, -0.2) is 16.1 Å². The lowest BCUT2D eigenvalue weighted by molar-refractivity contribution is 0.828. The lowest BCUT2D eigenvalue weighted by Crippen LogP contribution is -2.26. The topological polar surface area (TPSA) is 63.8 Å². The van der Waals surface area contributed by atoms with Crippen molar-refractivity contribution in [2.24, 2.45) is 5.73 Å². The zero-order chi connectivity index (χ0) is 9.14. The summed E-state index contributed by atoms with van der Waals surface area (Å²) in [7, 11) is 0. The monoisotopic (exact) mass is 166 g/mol. The van der Waals surface area contributed by atoms with Gasteiger partial charge in [0.25, 0.3) is 0 Å². The number of hydrogen-bond acceptors (Lipinski definition) is 4. The SMILES string of the molecule is Cc1cnc(NC(C)N)nc1C. The Morgan fingerprint density at radius 2 is 2.17 bits per heavy atom. The van der Waals surface area contributed by atoms with Crippen LogP contribution in [-0.2, 0) is 0 Å². The summed E-state index contributed by atoms with van der Waals surface area (Å²) in [5.41, 5.74) is 7.59. The molecule has 1 heterocycles. The van der Waals surface area contributed by atoms with Crippen molar-refractivity contribution in [3.63, 3.8) is 0 Å². The number of aryl methyl sites for hydroxylation is 2. The van der Waals surface area contributed by atoms with Gasteiger partial charge < -0.3 is 11.1 Å². The first kappa shape index (κ1) is 8.93. The van der Waals surface area contributed by atoms with Crippen LogP contribution in [0, 0.1) is 13.8 Å². The first-order valence-corrected chi connectivity index (χ1v) is 3.92. The molecule has 0 spiro atoms. The number of nitrogens with one attached hydrogen (secondary N) is 1. The minimum atomic E-state index is -0.118. The Bertz CT molecular complexity index is 270. The summed E-state index contributed by atoms with van der Waals surface area (Å²) in [6.07, 6.45) is 1.67. The number of nitrogens with two attached hydrogens (primary N) is 1. The second-order valence-electron chi connectivity index (χ2n) is 2.90. The standard InChI is InChI=1S/C8H14N4/c1-5-4-10-8(11-6(5)2)12-7(3)9/h4,7H,9H2,1-3H3,(H,10,11,12). The van der Waals surface area contributed by atoms with E-state index in [9.17, 15) is 0 Å². The van der Waals surface area contributed by atoms with Crippen LogP contribution in [0.1, 0.15) is 18.2 Å². The molecule has 1 rings (SSSR count). The van der Waals surface area contributed by atoms with Crippen LogP contribution >= 0.6 is 0 Å². The van der Waals surface area contributed by atoms with E-state index in [4.69, 9.17) is 5.73 Å². The van der Waals surface area contributed by atoms with Gasteiger partial charge in [0, 0.05) is 11.9 Å². The molecule has 1 unspecified atom stereocenters. The molecule has 0 aliphatic heterocycles. The second-order valence-corrected chi connectivity index (χ2v) is 2.90. The molecule has 0 saturated heterocycles. The summed E-state index contributed by atoms with van der Waals surface area (Å²) in [6.45, 7) is 5.77. The highest BCUT2D eigenvalue weighted by molar-refractivity contribution is 5.28. The van der Waals surface area contributed by atoms with Crippen LogP contribution < -0.4 is 11.1 Å². The molecule has 0 radical (unpaired) electrons. The molecule has 0 saturated carbocycles. The Balaban J connectivity index is 2.82. The van der Waals surface area contributed by atoms with Crippen molar-refractivity contribution >= 4 is 5.95 Å². The van der Waals surface area contributed by atoms with E-state index >= 15 is 0 Å². The van der Waals surface area contributed by atoms with E-state index in [1.807, 2.05) is 20.8 Å². The minimum Gasteiger partial charge on any atom is -0.339 e. The summed E-state index contributed by atoms with van der Waals surface area (Å²) in [5.74, 6) is 0.591. The van der Waals surface area contributed by atoms with Gasteiger partial charge in [-0.15, -0.1) is 0 Å². The molecule has 0 fully saturated rings. The average Bonchev–Trinajstić information content (AvgIpc) is 1.96. The molecule has 0 aliphatic rings. The fourth-order valence-corrected chi connectivity index (χ4v) is 0.800. The molecule has 0 aliphatic carbocycles. The Morgan fingerprint density at radius 1 is 1.50 bits per heavy atom. The van der Waals surface area contributed by atoms with Gasteiger partial charge in [-0.25, -0.2) is 9.97 Å². The normalized spacial score (nSPS) is 12.7. The van der Waals surface area contributed by atoms with E-state index in [2.05, 4.69) is 15.3 Å². The third kappa shape index (κ3) is 2.17. The van der Waals surface area contributed by atoms with Crippen molar-refractivity contribution in [1.29, 1.82) is 0 Å². The second kappa shape index (κ2) is 3.49. The Kier molecular flexibility index (Phi) is 2.60. The maximum Gasteiger partial charge on any atom is 0.224 e. The smallest absolute Gasteiger partial charge is 0.224 e. The number of nitrogens with zero attached hydrogens (tertiary/aromatic N) is 2. The van der Waals surface area contributed by atoms with Crippen LogP contribution in [0.5, 0.6) is 0 Å². The first-order valence-electron chi connectivity index (χ1n) is 3.92. The van der Waals surface area contributed by atoms with E-state index in [-0.39, 0.29) is 6.17 Å². The summed E-state index contributed by atoms with van der Waals surface area (Å²) in [5, 5.41) is 2.93. The van der Waals surface area contributed by atoms with Crippen molar-refractivity contribution in [2.75, 3.05) is 5.32 Å². The molecule has 1 aromatic rings. The van der Waals surface area contributed by atoms with E-state index in [1.54, 1.807) is 6.20 Å². The maximum atomic E-state index is 5.52. The molecule has 1 aromatic heterocycles. The van der Waals surface area contributed by atoms with Gasteiger partial charge in [0.1, 0.15) is 0 Å². The summed E-state index contributed by atoms with van der Waals surface area (Å²) in [6, 6.07) is 0. The largest absolute Gasteiger partial charge is 0.339 e. The maximum absolute atomic E-state index is 5.52. The molecule has 0 bridgehead atoms. The molecule has 1 atom stereocenters. The fraction of sp³-hybridized carbons (Fsp3) is 0.500. The third-order valence-corrected chi connectivity index (χ3v) is 1.58. The first-order chi connectivity index (χ1) is 5.59. The molecule has 4 nitrogen and oxygen atoms in total. The van der Waals surface area contributed by atoms with Gasteiger partial charge in [-0.1, -0.05) is 0 Å². The van der Waals surface area contributed by atoms with Gasteiger partial charge >= 0.3 is 0 Å². The fourth-order valence-electron chi connectivity index (χ4n) is 0.800. The Hall–Kier alpha value is -1.16. The Morgan fingerprint density at radius 3 is 2.67 bits per heavy atom. The quantitative estimate of drug-likeness (QED) is 0.638. The highest BCUT2D eigenvalue weighted by Gasteiger charge is 1.99. The number of rotatable bonds is 2. The molecular weight excluding hydrogens is 152 g/mol. The highest BCUT2D eigenvalue weighted by atomic mass is 15.2. The molecule has 0 aromatic carbocycles. The zero-order valence-electron chi connectivity index (χ0n) is 7.63. The molecule has 0 amide bonds. The number of hydrogen-bond donors (Lipinski definition) is 2. The van der Waals surface area contributed by atoms with Crippen molar-refractivity contribution in [2.45, 2.75) is 26.9 Å². The molecule has 12 heavy (non-hydrogen) atoms. The molecule has 4 heteroatoms. The van der Waals surface area contributed by atoms with Gasteiger partial charge in [0.15, 0.2) is 0 Å². The molecule has 66 valence electrons. The van der Waals surface area contributed by atoms with Crippen LogP contribution in [0.3, 0.4) is 0 Å². The third-order valence-electron chi connectivity index (χ3n) is 1.58. The van der Waals surface area contributed by atoms with Crippen molar-refractivity contribution in [3.05, 3.63) is 17.5 Å². The summed E-state index contributed by atoms with van der Waals surface area (Å²) < 4.78 is 0. The lowest BCUT2D eigenvalue weighted by atomic mass is 10.3. The minimum absolute atomic E-state index is 0.118. The number of aromatic nitrogens is 2. The zero-order valence-corrected chi connectivity index (χ0v) is 7.63. The van der Waals surface area contributed by atoms with Crippen LogP contribution in [0.25, 0.3) is 0 Å². The average molecular weight is 166 g/mol. The van der Waals surface area contributed by atoms with Gasteiger partial charge in [-0.3, -0.25) is 0 Å². The van der Waals surface area contributed by atoms with Gasteiger partial charge in [-0.05, 0) is 26.3 Å². The van der Waals surface area contributed by atoms with Crippen LogP contribution in [0.2, 0.25) is 0 Å². The van der Waals surface area contributed by atoms with Gasteiger partial charge in [-0.2, -0.15) is 0 Å². The predicted octanol–water partition coefficient (Wildman–Crippen LogP) is 0.810. The van der Waals surface area contributed by atoms with Crippen molar-refractivity contribution < 1.29 is 0 Å².